The van der Waals surface area contributed by atoms with Crippen LogP contribution in [0.4, 0.5) is 21.9 Å². The minimum absolute atomic E-state index is 0.0530. The predicted molar refractivity (Wildman–Crippen MR) is 139 cm³/mol. The quantitative estimate of drug-likeness (QED) is 0.351. The molecule has 1 fully saturated rings. The van der Waals surface area contributed by atoms with Crippen molar-refractivity contribution in [2.24, 2.45) is 5.73 Å². The lowest BCUT2D eigenvalue weighted by molar-refractivity contribution is 0.0939. The highest BCUT2D eigenvalue weighted by Gasteiger charge is 2.34. The second-order valence-electron chi connectivity index (χ2n) is 8.98. The molecule has 1 aliphatic heterocycles. The van der Waals surface area contributed by atoms with Crippen LogP contribution in [0.2, 0.25) is 0 Å². The molecule has 2 atom stereocenters. The Bertz CT molecular complexity index is 1490. The van der Waals surface area contributed by atoms with Gasteiger partial charge in [0.15, 0.2) is 0 Å². The van der Waals surface area contributed by atoms with Gasteiger partial charge >= 0.3 is 6.03 Å². The van der Waals surface area contributed by atoms with Crippen molar-refractivity contribution < 1.29 is 14.3 Å². The first-order valence-corrected chi connectivity index (χ1v) is 12.6. The summed E-state index contributed by atoms with van der Waals surface area (Å²) in [5.41, 5.74) is 8.69. The number of nitrogens with one attached hydrogen (secondary N) is 2. The number of para-hydroxylation sites is 1. The Labute approximate surface area is 211 Å². The Morgan fingerprint density at radius 3 is 2.78 bits per heavy atom. The first-order valence-electron chi connectivity index (χ1n) is 11.8. The average Bonchev–Trinajstić information content (AvgIpc) is 3.45. The molecule has 4 heterocycles. The van der Waals surface area contributed by atoms with Crippen molar-refractivity contribution in [3.8, 4) is 11.6 Å². The van der Waals surface area contributed by atoms with Gasteiger partial charge in [0, 0.05) is 24.3 Å². The van der Waals surface area contributed by atoms with Crippen LogP contribution in [-0.2, 0) is 0 Å². The van der Waals surface area contributed by atoms with Gasteiger partial charge < -0.3 is 21.1 Å². The Balaban J connectivity index is 1.35. The summed E-state index contributed by atoms with van der Waals surface area (Å²) in [4.78, 5) is 38.1. The first-order chi connectivity index (χ1) is 17.5. The summed E-state index contributed by atoms with van der Waals surface area (Å²) in [6.07, 6.45) is 6.00. The topological polar surface area (TPSA) is 122 Å². The molecule has 3 amide bonds. The van der Waals surface area contributed by atoms with Crippen LogP contribution >= 0.6 is 11.3 Å². The summed E-state index contributed by atoms with van der Waals surface area (Å²) in [6, 6.07) is 12.5. The number of urea groups is 1. The van der Waals surface area contributed by atoms with Crippen molar-refractivity contribution in [1.82, 2.24) is 15.3 Å². The number of anilines is 3. The molecule has 0 bridgehead atoms. The number of carbonyl (C=O) groups excluding carboxylic acids is 2. The first kappa shape index (κ1) is 22.4. The van der Waals surface area contributed by atoms with Crippen LogP contribution in [0.15, 0.2) is 54.9 Å². The van der Waals surface area contributed by atoms with Gasteiger partial charge in [-0.1, -0.05) is 18.2 Å². The van der Waals surface area contributed by atoms with Crippen LogP contribution in [0.1, 0.15) is 34.5 Å². The normalized spacial score (nSPS) is 18.8. The fourth-order valence-corrected chi connectivity index (χ4v) is 5.83. The predicted octanol–water partition coefficient (Wildman–Crippen LogP) is 5.09. The maximum atomic E-state index is 13.4. The highest BCUT2D eigenvalue weighted by Crippen LogP contribution is 2.46. The van der Waals surface area contributed by atoms with E-state index in [2.05, 4.69) is 20.6 Å². The van der Waals surface area contributed by atoms with Crippen molar-refractivity contribution >= 4 is 50.6 Å². The molecule has 1 aromatic carbocycles. The van der Waals surface area contributed by atoms with E-state index in [1.54, 1.807) is 29.4 Å². The molecule has 0 saturated heterocycles. The van der Waals surface area contributed by atoms with E-state index >= 15 is 0 Å². The molecular formula is C26H24N6O3S. The van der Waals surface area contributed by atoms with Crippen LogP contribution in [0.25, 0.3) is 10.2 Å². The van der Waals surface area contributed by atoms with Crippen molar-refractivity contribution in [3.63, 3.8) is 0 Å². The second-order valence-corrected chi connectivity index (χ2v) is 9.98. The molecule has 1 saturated carbocycles. The summed E-state index contributed by atoms with van der Waals surface area (Å²) in [7, 11) is 0. The molecule has 9 nitrogen and oxygen atoms in total. The van der Waals surface area contributed by atoms with Crippen molar-refractivity contribution in [1.29, 1.82) is 0 Å². The molecule has 4 N–H and O–H groups in total. The van der Waals surface area contributed by atoms with Gasteiger partial charge in [-0.2, -0.15) is 0 Å². The monoisotopic (exact) mass is 500 g/mol. The minimum Gasteiger partial charge on any atom is -0.439 e. The highest BCUT2D eigenvalue weighted by atomic mass is 32.1. The molecule has 6 rings (SSSR count). The van der Waals surface area contributed by atoms with Gasteiger partial charge in [0.05, 0.1) is 28.6 Å². The lowest BCUT2D eigenvalue weighted by Crippen LogP contribution is -2.44. The smallest absolute Gasteiger partial charge is 0.331 e. The Morgan fingerprint density at radius 2 is 2.03 bits per heavy atom. The third-order valence-electron chi connectivity index (χ3n) is 6.60. The third kappa shape index (κ3) is 3.84. The molecule has 2 aliphatic rings. The van der Waals surface area contributed by atoms with E-state index in [4.69, 9.17) is 10.5 Å². The van der Waals surface area contributed by atoms with Crippen molar-refractivity contribution in [2.45, 2.75) is 38.3 Å². The average molecular weight is 501 g/mol. The van der Waals surface area contributed by atoms with Gasteiger partial charge in [-0.15, -0.1) is 11.3 Å². The zero-order valence-corrected chi connectivity index (χ0v) is 20.3. The Kier molecular flexibility index (Phi) is 5.54. The van der Waals surface area contributed by atoms with Crippen molar-refractivity contribution in [3.05, 3.63) is 65.3 Å². The maximum Gasteiger partial charge on any atom is 0.331 e. The summed E-state index contributed by atoms with van der Waals surface area (Å²) >= 11 is 1.26. The van der Waals surface area contributed by atoms with E-state index in [-0.39, 0.29) is 24.0 Å². The van der Waals surface area contributed by atoms with Crippen LogP contribution in [-0.4, -0.2) is 34.0 Å². The van der Waals surface area contributed by atoms with Gasteiger partial charge in [0.2, 0.25) is 5.88 Å². The number of nitrogens with two attached hydrogens (primary N) is 1. The SMILES string of the molecule is Cc1cc(Oc2ccccc2)ncc1N1C(=O)Nc2c(C(=O)N[C@@H]3CCC[C@H]3N)sc3nccc1c23. The number of aryl methyl sites for hydroxylation is 1. The van der Waals surface area contributed by atoms with Crippen LogP contribution in [0, 0.1) is 6.92 Å². The standard InChI is InChI=1S/C26H24N6O3S/c1-14-12-20(35-15-6-3-2-4-7-15)29-13-19(14)32-18-10-11-28-25-21(18)22(31-26(32)34)23(36-25)24(33)30-17-9-5-8-16(17)27/h2-4,6-7,10-13,16-17H,5,8-9,27H2,1H3,(H,30,33)(H,31,34)/t16-,17-/m1/s1. The van der Waals surface area contributed by atoms with Gasteiger partial charge in [-0.05, 0) is 49.9 Å². The second kappa shape index (κ2) is 8.89. The van der Waals surface area contributed by atoms with Crippen LogP contribution in [0.5, 0.6) is 11.6 Å². The number of rotatable bonds is 5. The third-order valence-corrected chi connectivity index (χ3v) is 7.70. The van der Waals surface area contributed by atoms with E-state index in [1.165, 1.54) is 11.3 Å². The number of aromatic nitrogens is 2. The number of hydrogen-bond acceptors (Lipinski definition) is 7. The number of ether oxygens (including phenoxy) is 1. The highest BCUT2D eigenvalue weighted by molar-refractivity contribution is 7.21. The number of nitrogens with zero attached hydrogens (tertiary/aromatic N) is 3. The van der Waals surface area contributed by atoms with Gasteiger partial charge in [-0.3, -0.25) is 9.69 Å². The van der Waals surface area contributed by atoms with E-state index in [1.807, 2.05) is 37.3 Å². The molecule has 0 radical (unpaired) electrons. The lowest BCUT2D eigenvalue weighted by Gasteiger charge is -2.29. The molecule has 10 heteroatoms. The molecule has 36 heavy (non-hydrogen) atoms. The fourth-order valence-electron chi connectivity index (χ4n) is 4.81. The number of hydrogen-bond donors (Lipinski definition) is 3. The molecule has 0 spiro atoms. The van der Waals surface area contributed by atoms with Crippen LogP contribution < -0.4 is 26.0 Å². The molecular weight excluding hydrogens is 476 g/mol. The fraction of sp³-hybridized carbons (Fsp3) is 0.231. The number of benzene rings is 1. The van der Waals surface area contributed by atoms with E-state index < -0.39 is 0 Å². The molecule has 3 aromatic heterocycles. The zero-order chi connectivity index (χ0) is 24.8. The Morgan fingerprint density at radius 1 is 1.19 bits per heavy atom. The number of pyridine rings is 2. The number of thiophene rings is 1. The van der Waals surface area contributed by atoms with Gasteiger partial charge in [0.1, 0.15) is 15.5 Å². The minimum atomic E-state index is -0.373. The van der Waals surface area contributed by atoms with E-state index in [0.717, 1.165) is 30.2 Å². The number of carbonyl (C=O) groups is 2. The molecule has 0 unspecified atom stereocenters. The van der Waals surface area contributed by atoms with Gasteiger partial charge in [0.25, 0.3) is 5.91 Å². The van der Waals surface area contributed by atoms with E-state index in [9.17, 15) is 9.59 Å². The largest absolute Gasteiger partial charge is 0.439 e. The summed E-state index contributed by atoms with van der Waals surface area (Å²) in [5, 5.41) is 6.70. The number of amides is 3. The molecule has 182 valence electrons. The van der Waals surface area contributed by atoms with E-state index in [0.29, 0.717) is 38.4 Å². The molecule has 1 aliphatic carbocycles. The summed E-state index contributed by atoms with van der Waals surface area (Å²) < 4.78 is 5.84. The van der Waals surface area contributed by atoms with Crippen molar-refractivity contribution in [2.75, 3.05) is 10.2 Å². The maximum absolute atomic E-state index is 13.4. The Hall–Kier alpha value is -4.02. The zero-order valence-electron chi connectivity index (χ0n) is 19.5. The lowest BCUT2D eigenvalue weighted by atomic mass is 10.1. The molecule has 4 aromatic rings. The summed E-state index contributed by atoms with van der Waals surface area (Å²) in [6.45, 7) is 1.90. The van der Waals surface area contributed by atoms with Gasteiger partial charge in [-0.25, -0.2) is 14.8 Å². The van der Waals surface area contributed by atoms with Crippen LogP contribution in [0.3, 0.4) is 0 Å². The summed E-state index contributed by atoms with van der Waals surface area (Å²) in [5.74, 6) is 0.867.